The first-order valence-electron chi connectivity index (χ1n) is 6.12. The van der Waals surface area contributed by atoms with Crippen molar-refractivity contribution in [2.75, 3.05) is 46.3 Å². The molecule has 5 heteroatoms. The van der Waals surface area contributed by atoms with Crippen LogP contribution in [-0.4, -0.2) is 73.0 Å². The highest BCUT2D eigenvalue weighted by atomic mass is 16.2. The predicted molar refractivity (Wildman–Crippen MR) is 66.4 cm³/mol. The Bertz CT molecular complexity index is 289. The van der Waals surface area contributed by atoms with Gasteiger partial charge in [-0.05, 0) is 13.8 Å². The summed E-state index contributed by atoms with van der Waals surface area (Å²) in [5.41, 5.74) is 0. The van der Waals surface area contributed by atoms with Crippen LogP contribution in [0.15, 0.2) is 0 Å². The van der Waals surface area contributed by atoms with E-state index in [9.17, 15) is 4.79 Å². The molecule has 0 aromatic heterocycles. The van der Waals surface area contributed by atoms with Crippen LogP contribution < -0.4 is 0 Å². The standard InChI is InChI=1S/C12H22N4O/c1-11(2)14(3)12(17)10-16-8-6-15(5-4-13)7-9-16/h11H,5-10H2,1-3H3. The minimum absolute atomic E-state index is 0.175. The van der Waals surface area contributed by atoms with Crippen molar-refractivity contribution in [3.63, 3.8) is 0 Å². The van der Waals surface area contributed by atoms with E-state index in [-0.39, 0.29) is 11.9 Å². The zero-order valence-corrected chi connectivity index (χ0v) is 11.0. The molecule has 0 N–H and O–H groups in total. The van der Waals surface area contributed by atoms with E-state index in [0.717, 1.165) is 26.2 Å². The van der Waals surface area contributed by atoms with Gasteiger partial charge >= 0.3 is 0 Å². The molecule has 0 atom stereocenters. The molecule has 0 aromatic rings. The second kappa shape index (κ2) is 6.58. The number of hydrogen-bond acceptors (Lipinski definition) is 4. The predicted octanol–water partition coefficient (Wildman–Crippen LogP) is -0.00562. The average molecular weight is 238 g/mol. The molecule has 1 aliphatic rings. The third kappa shape index (κ3) is 4.33. The second-order valence-electron chi connectivity index (χ2n) is 4.81. The fraction of sp³-hybridized carbons (Fsp3) is 0.833. The summed E-state index contributed by atoms with van der Waals surface area (Å²) in [6, 6.07) is 2.41. The third-order valence-electron chi connectivity index (χ3n) is 3.29. The molecule has 1 amide bonds. The van der Waals surface area contributed by atoms with E-state index in [2.05, 4.69) is 15.9 Å². The van der Waals surface area contributed by atoms with Crippen molar-refractivity contribution in [2.24, 2.45) is 0 Å². The van der Waals surface area contributed by atoms with Crippen molar-refractivity contribution in [2.45, 2.75) is 19.9 Å². The Balaban J connectivity index is 2.31. The van der Waals surface area contributed by atoms with Crippen LogP contribution in [0.1, 0.15) is 13.8 Å². The van der Waals surface area contributed by atoms with Crippen LogP contribution in [0.4, 0.5) is 0 Å². The fourth-order valence-electron chi connectivity index (χ4n) is 1.80. The van der Waals surface area contributed by atoms with Crippen LogP contribution in [0, 0.1) is 11.3 Å². The van der Waals surface area contributed by atoms with Crippen molar-refractivity contribution in [1.82, 2.24) is 14.7 Å². The monoisotopic (exact) mass is 238 g/mol. The molecule has 0 saturated carbocycles. The van der Waals surface area contributed by atoms with E-state index in [1.165, 1.54) is 0 Å². The van der Waals surface area contributed by atoms with Crippen LogP contribution >= 0.6 is 0 Å². The van der Waals surface area contributed by atoms with Crippen molar-refractivity contribution in [3.05, 3.63) is 0 Å². The molecule has 0 radical (unpaired) electrons. The van der Waals surface area contributed by atoms with Gasteiger partial charge in [-0.15, -0.1) is 0 Å². The fourth-order valence-corrected chi connectivity index (χ4v) is 1.80. The van der Waals surface area contributed by atoms with Gasteiger partial charge in [0.2, 0.25) is 5.91 Å². The van der Waals surface area contributed by atoms with Crippen LogP contribution in [0.3, 0.4) is 0 Å². The number of hydrogen-bond donors (Lipinski definition) is 0. The smallest absolute Gasteiger partial charge is 0.236 e. The Morgan fingerprint density at radius 3 is 2.29 bits per heavy atom. The summed E-state index contributed by atoms with van der Waals surface area (Å²) in [6.07, 6.45) is 0. The molecule has 0 aromatic carbocycles. The molecule has 1 rings (SSSR count). The maximum Gasteiger partial charge on any atom is 0.236 e. The lowest BCUT2D eigenvalue weighted by atomic mass is 10.3. The minimum atomic E-state index is 0.175. The van der Waals surface area contributed by atoms with Crippen LogP contribution in [-0.2, 0) is 4.79 Å². The highest BCUT2D eigenvalue weighted by Crippen LogP contribution is 2.03. The third-order valence-corrected chi connectivity index (χ3v) is 3.29. The number of carbonyl (C=O) groups excluding carboxylic acids is 1. The summed E-state index contributed by atoms with van der Waals surface area (Å²) in [5.74, 6) is 0.175. The summed E-state index contributed by atoms with van der Waals surface area (Å²) in [5, 5.41) is 8.60. The topological polar surface area (TPSA) is 50.6 Å². The zero-order chi connectivity index (χ0) is 12.8. The second-order valence-corrected chi connectivity index (χ2v) is 4.81. The van der Waals surface area contributed by atoms with Crippen molar-refractivity contribution >= 4 is 5.91 Å². The number of piperazine rings is 1. The lowest BCUT2D eigenvalue weighted by Crippen LogP contribution is -2.50. The van der Waals surface area contributed by atoms with Crippen LogP contribution in [0.25, 0.3) is 0 Å². The molecule has 1 heterocycles. The highest BCUT2D eigenvalue weighted by Gasteiger charge is 2.20. The van der Waals surface area contributed by atoms with Gasteiger partial charge in [-0.2, -0.15) is 5.26 Å². The van der Waals surface area contributed by atoms with Crippen LogP contribution in [0.5, 0.6) is 0 Å². The Morgan fingerprint density at radius 1 is 1.29 bits per heavy atom. The lowest BCUT2D eigenvalue weighted by molar-refractivity contribution is -0.133. The highest BCUT2D eigenvalue weighted by molar-refractivity contribution is 5.78. The number of rotatable bonds is 4. The lowest BCUT2D eigenvalue weighted by Gasteiger charge is -2.34. The van der Waals surface area contributed by atoms with E-state index in [1.807, 2.05) is 20.9 Å². The number of likely N-dealkylation sites (N-methyl/N-ethyl adjacent to an activating group) is 1. The average Bonchev–Trinajstić information content (AvgIpc) is 2.30. The number of nitrogens with zero attached hydrogens (tertiary/aromatic N) is 4. The van der Waals surface area contributed by atoms with Gasteiger partial charge in [-0.3, -0.25) is 14.6 Å². The van der Waals surface area contributed by atoms with Gasteiger partial charge in [0, 0.05) is 39.3 Å². The molecule has 1 saturated heterocycles. The molecule has 0 aliphatic carbocycles. The molecule has 5 nitrogen and oxygen atoms in total. The summed E-state index contributed by atoms with van der Waals surface area (Å²) >= 11 is 0. The van der Waals surface area contributed by atoms with Gasteiger partial charge in [0.25, 0.3) is 0 Å². The molecule has 0 unspecified atom stereocenters. The maximum absolute atomic E-state index is 11.9. The first-order chi connectivity index (χ1) is 8.04. The zero-order valence-electron chi connectivity index (χ0n) is 11.0. The Morgan fingerprint density at radius 2 is 1.82 bits per heavy atom. The number of nitriles is 1. The van der Waals surface area contributed by atoms with E-state index >= 15 is 0 Å². The van der Waals surface area contributed by atoms with Crippen molar-refractivity contribution in [1.29, 1.82) is 5.26 Å². The first kappa shape index (κ1) is 13.9. The summed E-state index contributed by atoms with van der Waals surface area (Å²) in [4.78, 5) is 17.9. The molecular formula is C12H22N4O. The Labute approximate surface area is 104 Å². The summed E-state index contributed by atoms with van der Waals surface area (Å²) in [6.45, 7) is 8.53. The summed E-state index contributed by atoms with van der Waals surface area (Å²) < 4.78 is 0. The van der Waals surface area contributed by atoms with Gasteiger partial charge in [-0.1, -0.05) is 0 Å². The SMILES string of the molecule is CC(C)N(C)C(=O)CN1CCN(CC#N)CC1. The quantitative estimate of drug-likeness (QED) is 0.647. The molecule has 0 spiro atoms. The van der Waals surface area contributed by atoms with Crippen LogP contribution in [0.2, 0.25) is 0 Å². The maximum atomic E-state index is 11.9. The van der Waals surface area contributed by atoms with Gasteiger partial charge in [0.15, 0.2) is 0 Å². The molecule has 1 fully saturated rings. The Kier molecular flexibility index (Phi) is 5.39. The van der Waals surface area contributed by atoms with Gasteiger partial charge in [0.1, 0.15) is 0 Å². The van der Waals surface area contributed by atoms with Gasteiger partial charge < -0.3 is 4.90 Å². The van der Waals surface area contributed by atoms with E-state index < -0.39 is 0 Å². The normalized spacial score (nSPS) is 18.1. The molecular weight excluding hydrogens is 216 g/mol. The van der Waals surface area contributed by atoms with E-state index in [1.54, 1.807) is 4.90 Å². The minimum Gasteiger partial charge on any atom is -0.342 e. The number of amides is 1. The molecule has 1 aliphatic heterocycles. The van der Waals surface area contributed by atoms with Crippen molar-refractivity contribution < 1.29 is 4.79 Å². The molecule has 0 bridgehead atoms. The van der Waals surface area contributed by atoms with E-state index in [4.69, 9.17) is 5.26 Å². The summed E-state index contributed by atoms with van der Waals surface area (Å²) in [7, 11) is 1.85. The van der Waals surface area contributed by atoms with Gasteiger partial charge in [-0.25, -0.2) is 0 Å². The number of carbonyl (C=O) groups is 1. The van der Waals surface area contributed by atoms with Crippen molar-refractivity contribution in [3.8, 4) is 6.07 Å². The largest absolute Gasteiger partial charge is 0.342 e. The van der Waals surface area contributed by atoms with E-state index in [0.29, 0.717) is 13.1 Å². The molecule has 96 valence electrons. The molecule has 17 heavy (non-hydrogen) atoms. The first-order valence-corrected chi connectivity index (χ1v) is 6.12. The Hall–Kier alpha value is -1.12. The van der Waals surface area contributed by atoms with Gasteiger partial charge in [0.05, 0.1) is 19.2 Å².